The lowest BCUT2D eigenvalue weighted by Gasteiger charge is -2.10. The van der Waals surface area contributed by atoms with E-state index < -0.39 is 5.82 Å². The molecule has 0 saturated heterocycles. The number of amides is 1. The van der Waals surface area contributed by atoms with Gasteiger partial charge in [0.05, 0.1) is 18.5 Å². The third-order valence-corrected chi connectivity index (χ3v) is 3.86. The number of carbonyl (C=O) groups excluding carboxylic acids is 1. The highest BCUT2D eigenvalue weighted by Gasteiger charge is 2.11. The van der Waals surface area contributed by atoms with Gasteiger partial charge >= 0.3 is 0 Å². The highest BCUT2D eigenvalue weighted by molar-refractivity contribution is 6.13. The minimum atomic E-state index is -0.417. The molecule has 2 rings (SSSR count). The predicted octanol–water partition coefficient (Wildman–Crippen LogP) is 3.84. The van der Waals surface area contributed by atoms with E-state index in [0.29, 0.717) is 34.7 Å². The topological polar surface area (TPSA) is 92.1 Å². The molecule has 1 aromatic heterocycles. The van der Waals surface area contributed by atoms with Crippen molar-refractivity contribution in [2.45, 2.75) is 20.4 Å². The fourth-order valence-corrected chi connectivity index (χ4v) is 2.36. The van der Waals surface area contributed by atoms with E-state index in [4.69, 9.17) is 15.6 Å². The molecule has 0 bridgehead atoms. The van der Waals surface area contributed by atoms with Gasteiger partial charge in [0.15, 0.2) is 0 Å². The Kier molecular flexibility index (Phi) is 6.88. The summed E-state index contributed by atoms with van der Waals surface area (Å²) in [5.41, 5.74) is 7.83. The molecule has 0 aliphatic carbocycles. The van der Waals surface area contributed by atoms with E-state index in [9.17, 15) is 9.18 Å². The van der Waals surface area contributed by atoms with E-state index in [1.165, 1.54) is 12.1 Å². The van der Waals surface area contributed by atoms with E-state index in [2.05, 4.69) is 5.32 Å². The van der Waals surface area contributed by atoms with Gasteiger partial charge in [-0.3, -0.25) is 10.2 Å². The maximum absolute atomic E-state index is 13.4. The molecule has 2 aromatic rings. The number of nitrogens with two attached hydrogens (primary N) is 1. The van der Waals surface area contributed by atoms with Gasteiger partial charge in [-0.05, 0) is 44.2 Å². The Balaban J connectivity index is 2.07. The van der Waals surface area contributed by atoms with Crippen LogP contribution in [0, 0.1) is 11.2 Å². The molecule has 1 amide bonds. The van der Waals surface area contributed by atoms with E-state index in [-0.39, 0.29) is 11.6 Å². The van der Waals surface area contributed by atoms with Crippen LogP contribution in [0.4, 0.5) is 4.39 Å². The molecule has 0 radical (unpaired) electrons. The van der Waals surface area contributed by atoms with Crippen molar-refractivity contribution >= 4 is 11.6 Å². The zero-order valence-corrected chi connectivity index (χ0v) is 15.3. The van der Waals surface area contributed by atoms with Gasteiger partial charge in [0.1, 0.15) is 11.6 Å². The molecule has 5 nitrogen and oxygen atoms in total. The second-order valence-corrected chi connectivity index (χ2v) is 5.82. The van der Waals surface area contributed by atoms with Crippen LogP contribution in [-0.2, 0) is 11.3 Å². The molecule has 4 N–H and O–H groups in total. The van der Waals surface area contributed by atoms with Gasteiger partial charge in [-0.25, -0.2) is 4.39 Å². The number of halogens is 1. The highest BCUT2D eigenvalue weighted by atomic mass is 19.1. The maximum atomic E-state index is 13.4. The standard InChI is InChI=1S/C21H22FN3O2/c1-3-18(20(24)15-6-4-7-16(22)12-15)19(23)10-9-14(2)21(26)25-13-17-8-5-11-27-17/h3-12,24H,13,23H2,1-2H3,(H,25,26)/b14-9+,18-3+,19-10+,24-20?. The van der Waals surface area contributed by atoms with Gasteiger partial charge in [-0.2, -0.15) is 0 Å². The zero-order valence-electron chi connectivity index (χ0n) is 15.3. The number of furan rings is 1. The Morgan fingerprint density at radius 2 is 2.07 bits per heavy atom. The summed E-state index contributed by atoms with van der Waals surface area (Å²) < 4.78 is 18.6. The average molecular weight is 367 g/mol. The zero-order chi connectivity index (χ0) is 19.8. The van der Waals surface area contributed by atoms with E-state index in [1.807, 2.05) is 0 Å². The Morgan fingerprint density at radius 3 is 2.70 bits per heavy atom. The minimum absolute atomic E-state index is 0.110. The first kappa shape index (κ1) is 19.9. The number of allylic oxidation sites excluding steroid dienone is 4. The fraction of sp³-hybridized carbons (Fsp3) is 0.143. The van der Waals surface area contributed by atoms with E-state index >= 15 is 0 Å². The van der Waals surface area contributed by atoms with Crippen molar-refractivity contribution in [3.63, 3.8) is 0 Å². The summed E-state index contributed by atoms with van der Waals surface area (Å²) >= 11 is 0. The van der Waals surface area contributed by atoms with E-state index in [1.54, 1.807) is 62.6 Å². The quantitative estimate of drug-likeness (QED) is 0.394. The van der Waals surface area contributed by atoms with Gasteiger partial charge in [-0.1, -0.05) is 24.3 Å². The van der Waals surface area contributed by atoms with Crippen molar-refractivity contribution < 1.29 is 13.6 Å². The summed E-state index contributed by atoms with van der Waals surface area (Å²) in [6.07, 6.45) is 6.36. The van der Waals surface area contributed by atoms with Gasteiger partial charge in [0.2, 0.25) is 5.91 Å². The Hall–Kier alpha value is -3.41. The second kappa shape index (κ2) is 9.33. The van der Waals surface area contributed by atoms with Gasteiger partial charge < -0.3 is 15.5 Å². The van der Waals surface area contributed by atoms with Crippen LogP contribution in [0.15, 0.2) is 82.1 Å². The molecule has 6 heteroatoms. The summed E-state index contributed by atoms with van der Waals surface area (Å²) in [6.45, 7) is 3.70. The van der Waals surface area contributed by atoms with Gasteiger partial charge in [-0.15, -0.1) is 0 Å². The molecule has 0 saturated carbocycles. The Labute approximate surface area is 157 Å². The molecule has 140 valence electrons. The predicted molar refractivity (Wildman–Crippen MR) is 104 cm³/mol. The first-order valence-electron chi connectivity index (χ1n) is 8.38. The minimum Gasteiger partial charge on any atom is -0.467 e. The molecule has 0 spiro atoms. The second-order valence-electron chi connectivity index (χ2n) is 5.82. The summed E-state index contributed by atoms with van der Waals surface area (Å²) in [4.78, 5) is 12.1. The van der Waals surface area contributed by atoms with Gasteiger partial charge in [0, 0.05) is 22.4 Å². The number of benzene rings is 1. The van der Waals surface area contributed by atoms with Crippen LogP contribution >= 0.6 is 0 Å². The first-order chi connectivity index (χ1) is 12.9. The normalized spacial score (nSPS) is 12.8. The molecule has 1 aromatic carbocycles. The molecule has 27 heavy (non-hydrogen) atoms. The highest BCUT2D eigenvalue weighted by Crippen LogP contribution is 2.15. The van der Waals surface area contributed by atoms with Crippen LogP contribution in [0.3, 0.4) is 0 Å². The largest absolute Gasteiger partial charge is 0.467 e. The van der Waals surface area contributed by atoms with Crippen LogP contribution in [-0.4, -0.2) is 11.6 Å². The number of rotatable bonds is 7. The smallest absolute Gasteiger partial charge is 0.247 e. The van der Waals surface area contributed by atoms with Crippen molar-refractivity contribution in [3.05, 3.63) is 94.9 Å². The molecule has 0 aliphatic rings. The van der Waals surface area contributed by atoms with Crippen LogP contribution in [0.1, 0.15) is 25.2 Å². The molecule has 1 heterocycles. The van der Waals surface area contributed by atoms with Crippen LogP contribution in [0.5, 0.6) is 0 Å². The molecule has 0 aliphatic heterocycles. The maximum Gasteiger partial charge on any atom is 0.247 e. The third-order valence-electron chi connectivity index (χ3n) is 3.86. The lowest BCUT2D eigenvalue weighted by molar-refractivity contribution is -0.117. The van der Waals surface area contributed by atoms with Crippen molar-refractivity contribution in [3.8, 4) is 0 Å². The fourth-order valence-electron chi connectivity index (χ4n) is 2.36. The van der Waals surface area contributed by atoms with Crippen LogP contribution < -0.4 is 11.1 Å². The number of carbonyl (C=O) groups is 1. The third kappa shape index (κ3) is 5.54. The molecule has 0 unspecified atom stereocenters. The lowest BCUT2D eigenvalue weighted by Crippen LogP contribution is -2.23. The van der Waals surface area contributed by atoms with Crippen LogP contribution in [0.25, 0.3) is 0 Å². The summed E-state index contributed by atoms with van der Waals surface area (Å²) in [5.74, 6) is -0.0112. The summed E-state index contributed by atoms with van der Waals surface area (Å²) in [5, 5.41) is 11.0. The first-order valence-corrected chi connectivity index (χ1v) is 8.38. The van der Waals surface area contributed by atoms with Crippen LogP contribution in [0.2, 0.25) is 0 Å². The van der Waals surface area contributed by atoms with Crippen molar-refractivity contribution in [1.29, 1.82) is 5.41 Å². The summed E-state index contributed by atoms with van der Waals surface area (Å²) in [6, 6.07) is 9.31. The molecule has 0 fully saturated rings. The van der Waals surface area contributed by atoms with Crippen molar-refractivity contribution in [1.82, 2.24) is 5.32 Å². The Bertz CT molecular complexity index is 909. The average Bonchev–Trinajstić information content (AvgIpc) is 3.18. The monoisotopic (exact) mass is 367 g/mol. The summed E-state index contributed by atoms with van der Waals surface area (Å²) in [7, 11) is 0. The number of hydrogen-bond donors (Lipinski definition) is 3. The van der Waals surface area contributed by atoms with Gasteiger partial charge in [0.25, 0.3) is 0 Å². The van der Waals surface area contributed by atoms with Crippen molar-refractivity contribution in [2.75, 3.05) is 0 Å². The SMILES string of the molecule is C\C=C(C(=N)c1cccc(F)c1)/C(N)=C\C=C(/C)C(=O)NCc1ccco1. The van der Waals surface area contributed by atoms with Crippen molar-refractivity contribution in [2.24, 2.45) is 5.73 Å². The lowest BCUT2D eigenvalue weighted by atomic mass is 9.99. The molecular weight excluding hydrogens is 345 g/mol. The number of nitrogens with one attached hydrogen (secondary N) is 2. The molecular formula is C21H22FN3O2. The number of hydrogen-bond acceptors (Lipinski definition) is 4. The Morgan fingerprint density at radius 1 is 1.30 bits per heavy atom. The molecule has 0 atom stereocenters. The van der Waals surface area contributed by atoms with E-state index in [0.717, 1.165) is 0 Å².